The average molecular weight is 379 g/mol. The highest BCUT2D eigenvalue weighted by molar-refractivity contribution is 7.89. The number of halogens is 1. The van der Waals surface area contributed by atoms with Crippen molar-refractivity contribution in [3.63, 3.8) is 0 Å². The molecule has 0 bridgehead atoms. The highest BCUT2D eigenvalue weighted by atomic mass is 35.5. The second-order valence-corrected chi connectivity index (χ2v) is 8.39. The van der Waals surface area contributed by atoms with Crippen LogP contribution in [0.15, 0.2) is 59.5 Å². The third kappa shape index (κ3) is 4.21. The molecule has 3 rings (SSSR count). The average Bonchev–Trinajstić information content (AvgIpc) is 2.64. The van der Waals surface area contributed by atoms with Gasteiger partial charge in [-0.2, -0.15) is 4.31 Å². The lowest BCUT2D eigenvalue weighted by Gasteiger charge is -2.31. The Bertz CT molecular complexity index is 838. The first kappa shape index (κ1) is 17.9. The lowest BCUT2D eigenvalue weighted by Crippen LogP contribution is -2.43. The number of carbonyl (C=O) groups excluding carboxylic acids is 1. The number of anilines is 1. The molecule has 2 aromatic carbocycles. The molecule has 0 spiro atoms. The van der Waals surface area contributed by atoms with Gasteiger partial charge in [-0.15, -0.1) is 0 Å². The van der Waals surface area contributed by atoms with Crippen LogP contribution in [0, 0.1) is 5.92 Å². The van der Waals surface area contributed by atoms with E-state index in [2.05, 4.69) is 5.32 Å². The van der Waals surface area contributed by atoms with Gasteiger partial charge in [0.05, 0.1) is 10.8 Å². The third-order valence-electron chi connectivity index (χ3n) is 4.25. The van der Waals surface area contributed by atoms with E-state index in [0.717, 1.165) is 0 Å². The number of nitrogens with one attached hydrogen (secondary N) is 1. The van der Waals surface area contributed by atoms with Gasteiger partial charge in [-0.1, -0.05) is 29.8 Å². The minimum absolute atomic E-state index is 0.171. The Morgan fingerprint density at radius 3 is 2.44 bits per heavy atom. The van der Waals surface area contributed by atoms with Crippen LogP contribution in [0.1, 0.15) is 12.8 Å². The van der Waals surface area contributed by atoms with Gasteiger partial charge in [0, 0.05) is 23.8 Å². The maximum atomic E-state index is 12.7. The second-order valence-electron chi connectivity index (χ2n) is 6.01. The van der Waals surface area contributed by atoms with Crippen molar-refractivity contribution in [2.75, 3.05) is 18.4 Å². The number of piperidine rings is 1. The largest absolute Gasteiger partial charge is 0.326 e. The fourth-order valence-corrected chi connectivity index (χ4v) is 4.56. The minimum atomic E-state index is -3.57. The van der Waals surface area contributed by atoms with Crippen molar-refractivity contribution in [3.05, 3.63) is 59.6 Å². The smallest absolute Gasteiger partial charge is 0.243 e. The molecule has 0 aromatic heterocycles. The summed E-state index contributed by atoms with van der Waals surface area (Å²) in [5, 5.41) is 3.42. The number of benzene rings is 2. The fourth-order valence-electron chi connectivity index (χ4n) is 2.89. The summed E-state index contributed by atoms with van der Waals surface area (Å²) in [5.74, 6) is -0.543. The number of hydrogen-bond donors (Lipinski definition) is 1. The lowest BCUT2D eigenvalue weighted by atomic mass is 9.99. The first-order valence-corrected chi connectivity index (χ1v) is 9.90. The minimum Gasteiger partial charge on any atom is -0.326 e. The maximum Gasteiger partial charge on any atom is 0.243 e. The van der Waals surface area contributed by atoms with Crippen molar-refractivity contribution in [2.24, 2.45) is 5.92 Å². The Kier molecular flexibility index (Phi) is 5.42. The molecule has 1 saturated heterocycles. The number of rotatable bonds is 4. The van der Waals surface area contributed by atoms with Gasteiger partial charge in [-0.3, -0.25) is 4.79 Å². The Hall–Kier alpha value is -1.89. The van der Waals surface area contributed by atoms with Crippen molar-refractivity contribution in [1.82, 2.24) is 4.31 Å². The summed E-state index contributed by atoms with van der Waals surface area (Å²) in [6, 6.07) is 15.2. The van der Waals surface area contributed by atoms with Crippen LogP contribution in [0.5, 0.6) is 0 Å². The van der Waals surface area contributed by atoms with Crippen LogP contribution in [0.4, 0.5) is 5.69 Å². The molecular weight excluding hydrogens is 360 g/mol. The topological polar surface area (TPSA) is 66.5 Å². The van der Waals surface area contributed by atoms with E-state index in [4.69, 9.17) is 11.6 Å². The van der Waals surface area contributed by atoms with Gasteiger partial charge in [0.2, 0.25) is 15.9 Å². The first-order chi connectivity index (χ1) is 12.0. The van der Waals surface area contributed by atoms with E-state index in [1.54, 1.807) is 54.6 Å². The summed E-state index contributed by atoms with van der Waals surface area (Å²) in [5.41, 5.74) is 0.650. The van der Waals surface area contributed by atoms with Crippen molar-refractivity contribution < 1.29 is 13.2 Å². The molecule has 1 aliphatic rings. The van der Waals surface area contributed by atoms with Crippen molar-refractivity contribution in [1.29, 1.82) is 0 Å². The molecule has 1 heterocycles. The first-order valence-electron chi connectivity index (χ1n) is 8.08. The predicted molar refractivity (Wildman–Crippen MR) is 98.0 cm³/mol. The molecule has 0 radical (unpaired) electrons. The normalized spacial score (nSPS) is 18.7. The molecule has 1 aliphatic heterocycles. The van der Waals surface area contributed by atoms with Crippen LogP contribution in [-0.2, 0) is 14.8 Å². The Morgan fingerprint density at radius 1 is 1.08 bits per heavy atom. The summed E-state index contributed by atoms with van der Waals surface area (Å²) in [6.07, 6.45) is 1.32. The van der Waals surface area contributed by atoms with Gasteiger partial charge >= 0.3 is 0 Å². The molecule has 0 saturated carbocycles. The summed E-state index contributed by atoms with van der Waals surface area (Å²) in [6.45, 7) is 0.624. The van der Waals surface area contributed by atoms with Crippen LogP contribution in [0.3, 0.4) is 0 Å². The van der Waals surface area contributed by atoms with E-state index in [1.807, 2.05) is 0 Å². The number of nitrogens with zero attached hydrogens (tertiary/aromatic N) is 1. The summed E-state index contributed by atoms with van der Waals surface area (Å²) < 4.78 is 26.9. The van der Waals surface area contributed by atoms with Gasteiger partial charge in [0.15, 0.2) is 0 Å². The Balaban J connectivity index is 1.70. The quantitative estimate of drug-likeness (QED) is 0.886. The lowest BCUT2D eigenvalue weighted by molar-refractivity contribution is -0.120. The van der Waals surface area contributed by atoms with Crippen molar-refractivity contribution >= 4 is 33.2 Å². The Morgan fingerprint density at radius 2 is 1.76 bits per heavy atom. The van der Waals surface area contributed by atoms with Gasteiger partial charge < -0.3 is 5.32 Å². The van der Waals surface area contributed by atoms with E-state index in [-0.39, 0.29) is 23.3 Å². The standard InChI is InChI=1S/C18H19ClN2O3S/c19-15-8-10-16(11-9-15)20-18(22)14-5-4-12-21(13-14)25(23,24)17-6-2-1-3-7-17/h1-3,6-11,14H,4-5,12-13H2,(H,20,22)/t14-/m0/s1. The zero-order valence-corrected chi connectivity index (χ0v) is 15.1. The molecule has 25 heavy (non-hydrogen) atoms. The van der Waals surface area contributed by atoms with Gasteiger partial charge in [0.1, 0.15) is 0 Å². The molecule has 132 valence electrons. The molecule has 5 nitrogen and oxygen atoms in total. The Labute approximate surface area is 152 Å². The second kappa shape index (κ2) is 7.56. The molecule has 0 unspecified atom stereocenters. The van der Waals surface area contributed by atoms with E-state index in [9.17, 15) is 13.2 Å². The highest BCUT2D eigenvalue weighted by Gasteiger charge is 2.33. The van der Waals surface area contributed by atoms with Crippen LogP contribution in [0.2, 0.25) is 5.02 Å². The number of sulfonamides is 1. The molecule has 1 N–H and O–H groups in total. The molecule has 1 atom stereocenters. The van der Waals surface area contributed by atoms with Crippen LogP contribution < -0.4 is 5.32 Å². The van der Waals surface area contributed by atoms with E-state index in [0.29, 0.717) is 30.1 Å². The maximum absolute atomic E-state index is 12.7. The summed E-state index contributed by atoms with van der Waals surface area (Å²) >= 11 is 5.84. The zero-order chi connectivity index (χ0) is 17.9. The highest BCUT2D eigenvalue weighted by Crippen LogP contribution is 2.25. The van der Waals surface area contributed by atoms with Crippen LogP contribution in [-0.4, -0.2) is 31.7 Å². The predicted octanol–water partition coefficient (Wildman–Crippen LogP) is 3.38. The molecule has 1 amide bonds. The number of carbonyl (C=O) groups is 1. The number of amides is 1. The van der Waals surface area contributed by atoms with Crippen LogP contribution in [0.25, 0.3) is 0 Å². The van der Waals surface area contributed by atoms with Gasteiger partial charge in [0.25, 0.3) is 0 Å². The molecule has 1 fully saturated rings. The summed E-state index contributed by atoms with van der Waals surface area (Å²) in [4.78, 5) is 12.8. The fraction of sp³-hybridized carbons (Fsp3) is 0.278. The number of hydrogen-bond acceptors (Lipinski definition) is 3. The molecular formula is C18H19ClN2O3S. The van der Waals surface area contributed by atoms with E-state index >= 15 is 0 Å². The van der Waals surface area contributed by atoms with Crippen LogP contribution >= 0.6 is 11.6 Å². The third-order valence-corrected chi connectivity index (χ3v) is 6.38. The van der Waals surface area contributed by atoms with E-state index < -0.39 is 10.0 Å². The monoisotopic (exact) mass is 378 g/mol. The zero-order valence-electron chi connectivity index (χ0n) is 13.6. The van der Waals surface area contributed by atoms with Gasteiger partial charge in [-0.25, -0.2) is 8.42 Å². The van der Waals surface area contributed by atoms with Crippen molar-refractivity contribution in [2.45, 2.75) is 17.7 Å². The van der Waals surface area contributed by atoms with Crippen molar-refractivity contribution in [3.8, 4) is 0 Å². The summed E-state index contributed by atoms with van der Waals surface area (Å²) in [7, 11) is -3.57. The van der Waals surface area contributed by atoms with Gasteiger partial charge in [-0.05, 0) is 49.2 Å². The molecule has 2 aromatic rings. The molecule has 7 heteroatoms. The molecule has 0 aliphatic carbocycles. The SMILES string of the molecule is O=C(Nc1ccc(Cl)cc1)[C@H]1CCCN(S(=O)(=O)c2ccccc2)C1. The van der Waals surface area contributed by atoms with E-state index in [1.165, 1.54) is 4.31 Å².